The molecule has 1 unspecified atom stereocenters. The van der Waals surface area contributed by atoms with E-state index in [1.54, 1.807) is 4.90 Å². The van der Waals surface area contributed by atoms with E-state index < -0.39 is 5.82 Å². The van der Waals surface area contributed by atoms with E-state index in [0.717, 1.165) is 38.4 Å². The number of nitrogens with one attached hydrogen (secondary N) is 1. The van der Waals surface area contributed by atoms with Crippen molar-refractivity contribution in [2.75, 3.05) is 39.3 Å². The van der Waals surface area contributed by atoms with Crippen LogP contribution in [0.4, 0.5) is 4.39 Å². The highest BCUT2D eigenvalue weighted by Crippen LogP contribution is 2.59. The lowest BCUT2D eigenvalue weighted by Gasteiger charge is -2.35. The molecule has 27 heavy (non-hydrogen) atoms. The molecule has 0 radical (unpaired) electrons. The Morgan fingerprint density at radius 3 is 2.37 bits per heavy atom. The van der Waals surface area contributed by atoms with Crippen LogP contribution in [0.3, 0.4) is 0 Å². The number of nitrogens with zero attached hydrogens (tertiary/aromatic N) is 2. The number of rotatable bonds is 2. The molecule has 2 heterocycles. The minimum Gasteiger partial charge on any atom is -0.339 e. The molecular weight excluding hydrogens is 392 g/mol. The Bertz CT molecular complexity index is 732. The molecule has 2 amide bonds. The molecule has 4 rings (SSSR count). The molecule has 148 valence electrons. The summed E-state index contributed by atoms with van der Waals surface area (Å²) < 4.78 is 14.0. The van der Waals surface area contributed by atoms with Crippen molar-refractivity contribution in [1.82, 2.24) is 15.1 Å². The number of halogens is 3. The lowest BCUT2D eigenvalue weighted by molar-refractivity contribution is -0.135. The van der Waals surface area contributed by atoms with Gasteiger partial charge in [0, 0.05) is 37.1 Å². The van der Waals surface area contributed by atoms with Crippen molar-refractivity contribution < 1.29 is 14.0 Å². The first-order valence-corrected chi connectivity index (χ1v) is 9.62. The number of amides is 2. The molecule has 1 aliphatic carbocycles. The van der Waals surface area contributed by atoms with Crippen LogP contribution < -0.4 is 5.32 Å². The van der Waals surface area contributed by atoms with Crippen LogP contribution in [0.5, 0.6) is 0 Å². The van der Waals surface area contributed by atoms with Crippen LogP contribution in [0.2, 0.25) is 5.02 Å². The van der Waals surface area contributed by atoms with Gasteiger partial charge in [0.15, 0.2) is 0 Å². The summed E-state index contributed by atoms with van der Waals surface area (Å²) in [5.41, 5.74) is 0.256. The molecule has 1 atom stereocenters. The van der Waals surface area contributed by atoms with E-state index in [2.05, 4.69) is 5.32 Å². The van der Waals surface area contributed by atoms with Gasteiger partial charge in [-0.05, 0) is 56.0 Å². The Balaban J connectivity index is 0.00000210. The smallest absolute Gasteiger partial charge is 0.256 e. The summed E-state index contributed by atoms with van der Waals surface area (Å²) in [4.78, 5) is 28.8. The Labute approximate surface area is 169 Å². The lowest BCUT2D eigenvalue weighted by atomic mass is 9.91. The number of carbonyl (C=O) groups is 2. The maximum Gasteiger partial charge on any atom is 0.256 e. The summed E-state index contributed by atoms with van der Waals surface area (Å²) in [5, 5.41) is 3.62. The highest BCUT2D eigenvalue weighted by molar-refractivity contribution is 6.30. The standard InChI is InChI=1S/C19H23ClFN3O2.ClH/c20-13-1-2-14(16(21)11-13)17(25)23-7-9-24(10-8-23)18(26)15-12-19(15)3-5-22-6-4-19;/h1-2,11,15,22H,3-10,12H2;1H. The van der Waals surface area contributed by atoms with E-state index in [-0.39, 0.29) is 46.1 Å². The highest BCUT2D eigenvalue weighted by Gasteiger charge is 2.58. The fourth-order valence-corrected chi connectivity index (χ4v) is 4.52. The summed E-state index contributed by atoms with van der Waals surface area (Å²) in [7, 11) is 0. The summed E-state index contributed by atoms with van der Waals surface area (Å²) in [5.74, 6) is -0.559. The van der Waals surface area contributed by atoms with Gasteiger partial charge in [-0.3, -0.25) is 9.59 Å². The third-order valence-corrected chi connectivity index (χ3v) is 6.36. The van der Waals surface area contributed by atoms with Crippen LogP contribution in [0, 0.1) is 17.2 Å². The fourth-order valence-electron chi connectivity index (χ4n) is 4.36. The SMILES string of the molecule is Cl.O=C(c1ccc(Cl)cc1F)N1CCN(C(=O)C2CC23CCNCC3)CC1. The molecule has 2 aliphatic heterocycles. The molecule has 2 saturated heterocycles. The minimum atomic E-state index is -0.605. The average Bonchev–Trinajstić information content (AvgIpc) is 3.34. The van der Waals surface area contributed by atoms with E-state index >= 15 is 0 Å². The summed E-state index contributed by atoms with van der Waals surface area (Å²) in [6.45, 7) is 3.91. The summed E-state index contributed by atoms with van der Waals surface area (Å²) in [6.07, 6.45) is 3.16. The number of carbonyl (C=O) groups excluding carboxylic acids is 2. The molecule has 3 aliphatic rings. The van der Waals surface area contributed by atoms with Gasteiger partial charge in [-0.2, -0.15) is 0 Å². The summed E-state index contributed by atoms with van der Waals surface area (Å²) in [6, 6.07) is 4.09. The van der Waals surface area contributed by atoms with Crippen LogP contribution in [-0.2, 0) is 4.79 Å². The van der Waals surface area contributed by atoms with E-state index in [1.807, 2.05) is 4.90 Å². The van der Waals surface area contributed by atoms with E-state index in [4.69, 9.17) is 11.6 Å². The quantitative estimate of drug-likeness (QED) is 0.807. The van der Waals surface area contributed by atoms with Gasteiger partial charge in [-0.15, -0.1) is 12.4 Å². The molecule has 1 aromatic carbocycles. The van der Waals surface area contributed by atoms with Crippen LogP contribution in [0.1, 0.15) is 29.6 Å². The zero-order chi connectivity index (χ0) is 18.3. The van der Waals surface area contributed by atoms with Gasteiger partial charge >= 0.3 is 0 Å². The maximum atomic E-state index is 14.0. The second-order valence-corrected chi connectivity index (χ2v) is 8.05. The predicted octanol–water partition coefficient (Wildman–Crippen LogP) is 2.58. The third kappa shape index (κ3) is 3.93. The monoisotopic (exact) mass is 415 g/mol. The Hall–Kier alpha value is -1.37. The maximum absolute atomic E-state index is 14.0. The second kappa shape index (κ2) is 7.94. The van der Waals surface area contributed by atoms with Gasteiger partial charge in [0.1, 0.15) is 5.82 Å². The first kappa shape index (κ1) is 20.4. The molecule has 1 N–H and O–H groups in total. The van der Waals surface area contributed by atoms with E-state index in [0.29, 0.717) is 26.2 Å². The van der Waals surface area contributed by atoms with Crippen molar-refractivity contribution in [3.05, 3.63) is 34.6 Å². The number of piperazine rings is 1. The number of benzene rings is 1. The zero-order valence-corrected chi connectivity index (χ0v) is 16.6. The molecule has 0 bridgehead atoms. The first-order chi connectivity index (χ1) is 12.5. The van der Waals surface area contributed by atoms with Crippen molar-refractivity contribution in [2.45, 2.75) is 19.3 Å². The molecule has 8 heteroatoms. The van der Waals surface area contributed by atoms with Crippen molar-refractivity contribution in [3.8, 4) is 0 Å². The van der Waals surface area contributed by atoms with Crippen LogP contribution in [0.15, 0.2) is 18.2 Å². The van der Waals surface area contributed by atoms with E-state index in [1.165, 1.54) is 12.1 Å². The van der Waals surface area contributed by atoms with Crippen LogP contribution in [0.25, 0.3) is 0 Å². The van der Waals surface area contributed by atoms with Gasteiger partial charge in [-0.1, -0.05) is 11.6 Å². The lowest BCUT2D eigenvalue weighted by Crippen LogP contribution is -2.51. The predicted molar refractivity (Wildman–Crippen MR) is 104 cm³/mol. The third-order valence-electron chi connectivity index (χ3n) is 6.13. The topological polar surface area (TPSA) is 52.7 Å². The molecule has 1 saturated carbocycles. The molecule has 1 aromatic rings. The Kier molecular flexibility index (Phi) is 5.99. The normalized spacial score (nSPS) is 23.7. The number of piperidine rings is 1. The van der Waals surface area contributed by atoms with Crippen LogP contribution >= 0.6 is 24.0 Å². The van der Waals surface area contributed by atoms with Crippen molar-refractivity contribution in [3.63, 3.8) is 0 Å². The highest BCUT2D eigenvalue weighted by atomic mass is 35.5. The molecule has 1 spiro atoms. The van der Waals surface area contributed by atoms with Gasteiger partial charge in [0.25, 0.3) is 5.91 Å². The molecular formula is C19H24Cl2FN3O2. The number of hydrogen-bond donors (Lipinski definition) is 1. The molecule has 3 fully saturated rings. The fraction of sp³-hybridized carbons (Fsp3) is 0.579. The average molecular weight is 416 g/mol. The summed E-state index contributed by atoms with van der Waals surface area (Å²) >= 11 is 5.75. The molecule has 0 aromatic heterocycles. The largest absolute Gasteiger partial charge is 0.339 e. The Morgan fingerprint density at radius 1 is 1.11 bits per heavy atom. The van der Waals surface area contributed by atoms with Gasteiger partial charge in [0.2, 0.25) is 5.91 Å². The van der Waals surface area contributed by atoms with Crippen molar-refractivity contribution >= 4 is 35.8 Å². The molecule has 5 nitrogen and oxygen atoms in total. The number of hydrogen-bond acceptors (Lipinski definition) is 3. The Morgan fingerprint density at radius 2 is 1.74 bits per heavy atom. The minimum absolute atomic E-state index is 0. The first-order valence-electron chi connectivity index (χ1n) is 9.24. The van der Waals surface area contributed by atoms with Gasteiger partial charge in [-0.25, -0.2) is 4.39 Å². The van der Waals surface area contributed by atoms with Gasteiger partial charge < -0.3 is 15.1 Å². The van der Waals surface area contributed by atoms with Crippen LogP contribution in [-0.4, -0.2) is 60.9 Å². The zero-order valence-electron chi connectivity index (χ0n) is 15.0. The van der Waals surface area contributed by atoms with Crippen molar-refractivity contribution in [2.24, 2.45) is 11.3 Å². The second-order valence-electron chi connectivity index (χ2n) is 7.61. The van der Waals surface area contributed by atoms with Crippen molar-refractivity contribution in [1.29, 1.82) is 0 Å². The van der Waals surface area contributed by atoms with Gasteiger partial charge in [0.05, 0.1) is 5.56 Å². The van der Waals surface area contributed by atoms with E-state index in [9.17, 15) is 14.0 Å².